The maximum atomic E-state index is 9.51. The highest BCUT2D eigenvalue weighted by molar-refractivity contribution is 5.68. The average Bonchev–Trinajstić information content (AvgIpc) is 2.10. The Morgan fingerprint density at radius 3 is 1.60 bits per heavy atom. The third kappa shape index (κ3) is 27.0. The summed E-state index contributed by atoms with van der Waals surface area (Å²) in [6, 6.07) is 0. The number of carbonyl (C=O) groups excluding carboxylic acids is 1. The zero-order valence-corrected chi connectivity index (χ0v) is 7.60. The van der Waals surface area contributed by atoms with Crippen molar-refractivity contribution >= 4 is 6.29 Å². The predicted octanol–water partition coefficient (Wildman–Crippen LogP) is 2.40. The Balaban J connectivity index is -0.000000105. The van der Waals surface area contributed by atoms with Crippen LogP contribution in [0.5, 0.6) is 0 Å². The van der Waals surface area contributed by atoms with E-state index in [-0.39, 0.29) is 5.76 Å². The molecule has 0 rings (SSSR count). The Morgan fingerprint density at radius 2 is 1.60 bits per heavy atom. The minimum atomic E-state index is 0.162. The standard InChI is InChI=1S/C4H6O2.2C2H6/c1-4(3-5)6-2;2*1-2/h3H,1H2,2H3;2*1-2H3. The summed E-state index contributed by atoms with van der Waals surface area (Å²) in [6.45, 7) is 11.2. The van der Waals surface area contributed by atoms with Crippen molar-refractivity contribution in [2.24, 2.45) is 0 Å². The minimum absolute atomic E-state index is 0.162. The lowest BCUT2D eigenvalue weighted by atomic mass is 10.6. The molecule has 0 saturated heterocycles. The molecule has 0 aromatic rings. The van der Waals surface area contributed by atoms with Gasteiger partial charge in [0.05, 0.1) is 7.11 Å². The van der Waals surface area contributed by atoms with Crippen molar-refractivity contribution in [3.8, 4) is 0 Å². The van der Waals surface area contributed by atoms with Crippen molar-refractivity contribution in [2.45, 2.75) is 27.7 Å². The van der Waals surface area contributed by atoms with Crippen LogP contribution < -0.4 is 0 Å². The van der Waals surface area contributed by atoms with E-state index in [9.17, 15) is 4.79 Å². The van der Waals surface area contributed by atoms with E-state index in [2.05, 4.69) is 11.3 Å². The van der Waals surface area contributed by atoms with Gasteiger partial charge in [0.1, 0.15) is 0 Å². The van der Waals surface area contributed by atoms with E-state index in [1.165, 1.54) is 7.11 Å². The molecule has 10 heavy (non-hydrogen) atoms. The van der Waals surface area contributed by atoms with E-state index in [4.69, 9.17) is 0 Å². The van der Waals surface area contributed by atoms with Crippen LogP contribution in [0.1, 0.15) is 27.7 Å². The largest absolute Gasteiger partial charge is 0.494 e. The molecule has 0 unspecified atom stereocenters. The van der Waals surface area contributed by atoms with Crippen molar-refractivity contribution in [3.63, 3.8) is 0 Å². The van der Waals surface area contributed by atoms with Crippen LogP contribution in [-0.4, -0.2) is 13.4 Å². The lowest BCUT2D eigenvalue weighted by molar-refractivity contribution is -0.107. The molecule has 0 amide bonds. The summed E-state index contributed by atoms with van der Waals surface area (Å²) in [5.74, 6) is 0.162. The van der Waals surface area contributed by atoms with Crippen molar-refractivity contribution in [1.82, 2.24) is 0 Å². The van der Waals surface area contributed by atoms with E-state index in [1.807, 2.05) is 27.7 Å². The normalized spacial score (nSPS) is 5.30. The molecule has 0 heterocycles. The first-order valence-corrected chi connectivity index (χ1v) is 3.49. The molecular formula is C8H18O2. The Hall–Kier alpha value is -0.790. The van der Waals surface area contributed by atoms with Gasteiger partial charge in [0.2, 0.25) is 0 Å². The van der Waals surface area contributed by atoms with Crippen LogP contribution in [0.3, 0.4) is 0 Å². The van der Waals surface area contributed by atoms with Gasteiger partial charge in [-0.1, -0.05) is 34.3 Å². The van der Waals surface area contributed by atoms with E-state index in [1.54, 1.807) is 0 Å². The lowest BCUT2D eigenvalue weighted by Crippen LogP contribution is -1.81. The van der Waals surface area contributed by atoms with Crippen LogP contribution in [0.15, 0.2) is 12.3 Å². The zero-order chi connectivity index (χ0) is 8.99. The third-order valence-corrected chi connectivity index (χ3v) is 0.394. The lowest BCUT2D eigenvalue weighted by Gasteiger charge is -1.87. The highest BCUT2D eigenvalue weighted by atomic mass is 16.5. The van der Waals surface area contributed by atoms with Gasteiger partial charge < -0.3 is 4.74 Å². The molecule has 0 radical (unpaired) electrons. The van der Waals surface area contributed by atoms with Crippen LogP contribution in [0.25, 0.3) is 0 Å². The van der Waals surface area contributed by atoms with E-state index >= 15 is 0 Å². The molecule has 0 aliphatic carbocycles. The summed E-state index contributed by atoms with van der Waals surface area (Å²) in [4.78, 5) is 9.51. The summed E-state index contributed by atoms with van der Waals surface area (Å²) < 4.78 is 4.34. The first kappa shape index (κ1) is 16.1. The second-order valence-electron chi connectivity index (χ2n) is 0.788. The van der Waals surface area contributed by atoms with Crippen LogP contribution in [0, 0.1) is 0 Å². The number of rotatable bonds is 2. The fourth-order valence-corrected chi connectivity index (χ4v) is 0.0481. The van der Waals surface area contributed by atoms with Crippen molar-refractivity contribution in [3.05, 3.63) is 12.3 Å². The average molecular weight is 146 g/mol. The fourth-order valence-electron chi connectivity index (χ4n) is 0.0481. The molecule has 0 saturated carbocycles. The monoisotopic (exact) mass is 146 g/mol. The van der Waals surface area contributed by atoms with Crippen LogP contribution >= 0.6 is 0 Å². The maximum absolute atomic E-state index is 9.51. The topological polar surface area (TPSA) is 26.3 Å². The molecule has 2 nitrogen and oxygen atoms in total. The Morgan fingerprint density at radius 1 is 1.30 bits per heavy atom. The van der Waals surface area contributed by atoms with Crippen LogP contribution in [0.2, 0.25) is 0 Å². The van der Waals surface area contributed by atoms with Gasteiger partial charge >= 0.3 is 0 Å². The molecule has 0 aromatic carbocycles. The van der Waals surface area contributed by atoms with Crippen LogP contribution in [0.4, 0.5) is 0 Å². The van der Waals surface area contributed by atoms with E-state index < -0.39 is 0 Å². The predicted molar refractivity (Wildman–Crippen MR) is 44.9 cm³/mol. The van der Waals surface area contributed by atoms with Crippen molar-refractivity contribution < 1.29 is 9.53 Å². The third-order valence-electron chi connectivity index (χ3n) is 0.394. The second-order valence-corrected chi connectivity index (χ2v) is 0.788. The smallest absolute Gasteiger partial charge is 0.184 e. The highest BCUT2D eigenvalue weighted by Gasteiger charge is 1.77. The van der Waals surface area contributed by atoms with Gasteiger partial charge in [-0.15, -0.1) is 0 Å². The molecule has 0 aliphatic rings. The number of ether oxygens (including phenoxy) is 1. The maximum Gasteiger partial charge on any atom is 0.184 e. The van der Waals surface area contributed by atoms with E-state index in [0.717, 1.165) is 0 Å². The highest BCUT2D eigenvalue weighted by Crippen LogP contribution is 1.77. The minimum Gasteiger partial charge on any atom is -0.494 e. The molecule has 0 spiro atoms. The number of hydrogen-bond donors (Lipinski definition) is 0. The van der Waals surface area contributed by atoms with Gasteiger partial charge in [0, 0.05) is 0 Å². The molecule has 0 aromatic heterocycles. The van der Waals surface area contributed by atoms with Gasteiger partial charge in [-0.3, -0.25) is 4.79 Å². The first-order chi connectivity index (χ1) is 4.81. The molecule has 0 bridgehead atoms. The van der Waals surface area contributed by atoms with Crippen LogP contribution in [-0.2, 0) is 9.53 Å². The number of aldehydes is 1. The number of carbonyl (C=O) groups is 1. The summed E-state index contributed by atoms with van der Waals surface area (Å²) in [5, 5.41) is 0. The van der Waals surface area contributed by atoms with E-state index in [0.29, 0.717) is 6.29 Å². The molecule has 0 N–H and O–H groups in total. The SMILES string of the molecule is C=C(C=O)OC.CC.CC. The summed E-state index contributed by atoms with van der Waals surface area (Å²) in [5.41, 5.74) is 0. The molecular weight excluding hydrogens is 128 g/mol. The quantitative estimate of drug-likeness (QED) is 0.339. The molecule has 62 valence electrons. The number of methoxy groups -OCH3 is 1. The second kappa shape index (κ2) is 24.1. The molecule has 0 fully saturated rings. The molecule has 0 atom stereocenters. The van der Waals surface area contributed by atoms with Gasteiger partial charge in [-0.05, 0) is 0 Å². The Kier molecular flexibility index (Phi) is 38.8. The number of allylic oxidation sites excluding steroid dienone is 1. The fraction of sp³-hybridized carbons (Fsp3) is 0.625. The van der Waals surface area contributed by atoms with Crippen molar-refractivity contribution in [2.75, 3.05) is 7.11 Å². The number of hydrogen-bond acceptors (Lipinski definition) is 2. The van der Waals surface area contributed by atoms with Gasteiger partial charge in [0.25, 0.3) is 0 Å². The van der Waals surface area contributed by atoms with Gasteiger partial charge in [-0.2, -0.15) is 0 Å². The zero-order valence-electron chi connectivity index (χ0n) is 7.60. The molecule has 2 heteroatoms. The van der Waals surface area contributed by atoms with Crippen molar-refractivity contribution in [1.29, 1.82) is 0 Å². The van der Waals surface area contributed by atoms with Gasteiger partial charge in [-0.25, -0.2) is 0 Å². The summed E-state index contributed by atoms with van der Waals surface area (Å²) in [6.07, 6.45) is 0.556. The summed E-state index contributed by atoms with van der Waals surface area (Å²) >= 11 is 0. The Labute approximate surface area is 63.9 Å². The summed E-state index contributed by atoms with van der Waals surface area (Å²) in [7, 11) is 1.40. The van der Waals surface area contributed by atoms with Gasteiger partial charge in [0.15, 0.2) is 12.0 Å². The Bertz CT molecular complexity index is 67.7. The first-order valence-electron chi connectivity index (χ1n) is 3.49. The molecule has 0 aliphatic heterocycles.